The van der Waals surface area contributed by atoms with Crippen molar-refractivity contribution >= 4 is 45.2 Å². The van der Waals surface area contributed by atoms with E-state index in [4.69, 9.17) is 31.1 Å². The minimum absolute atomic E-state index is 0.0156. The van der Waals surface area contributed by atoms with E-state index in [-0.39, 0.29) is 18.2 Å². The number of nitrogens with zero attached hydrogens (tertiary/aromatic N) is 5. The van der Waals surface area contributed by atoms with Crippen molar-refractivity contribution in [1.82, 2.24) is 19.5 Å². The molecule has 0 spiro atoms. The van der Waals surface area contributed by atoms with E-state index >= 15 is 0 Å². The fourth-order valence-corrected chi connectivity index (χ4v) is 7.32. The van der Waals surface area contributed by atoms with E-state index in [0.717, 1.165) is 58.2 Å². The van der Waals surface area contributed by atoms with Crippen LogP contribution in [0.3, 0.4) is 0 Å². The highest BCUT2D eigenvalue weighted by molar-refractivity contribution is 6.33. The largest absolute Gasteiger partial charge is 0.344 e. The molecule has 8 rings (SSSR count). The lowest BCUT2D eigenvalue weighted by Crippen LogP contribution is -2.27. The predicted octanol–water partition coefficient (Wildman–Crippen LogP) is 8.52. The van der Waals surface area contributed by atoms with E-state index < -0.39 is 5.79 Å². The van der Waals surface area contributed by atoms with Crippen LogP contribution in [0.5, 0.6) is 0 Å². The first kappa shape index (κ1) is 29.0. The van der Waals surface area contributed by atoms with Gasteiger partial charge in [-0.25, -0.2) is 15.0 Å². The first-order valence-electron chi connectivity index (χ1n) is 15.8. The molecule has 0 radical (unpaired) electrons. The predicted molar refractivity (Wildman–Crippen MR) is 182 cm³/mol. The summed E-state index contributed by atoms with van der Waals surface area (Å²) in [5.41, 5.74) is 6.74. The van der Waals surface area contributed by atoms with E-state index in [2.05, 4.69) is 63.2 Å². The Kier molecular flexibility index (Phi) is 7.40. The zero-order chi connectivity index (χ0) is 31.3. The lowest BCUT2D eigenvalue weighted by atomic mass is 9.95. The molecular formula is C38H34ClN5O2. The SMILES string of the molecule is CC1(C)O[C@@H]2[C@@H](CCc3ccc4cc(Cl)c(N=C(c5ccccc5)c5ccccc5)nc4c3)C[C@@H](n3ccc4nccnc43)[C@@H]2O1. The third kappa shape index (κ3) is 5.49. The van der Waals surface area contributed by atoms with E-state index in [9.17, 15) is 0 Å². The van der Waals surface area contributed by atoms with Crippen molar-refractivity contribution in [3.8, 4) is 0 Å². The number of halogens is 1. The first-order chi connectivity index (χ1) is 22.4. The van der Waals surface area contributed by atoms with Crippen LogP contribution >= 0.6 is 11.6 Å². The third-order valence-electron chi connectivity index (χ3n) is 9.19. The zero-order valence-corrected chi connectivity index (χ0v) is 26.5. The second kappa shape index (κ2) is 11.7. The number of benzene rings is 3. The molecule has 0 bridgehead atoms. The fourth-order valence-electron chi connectivity index (χ4n) is 7.12. The van der Waals surface area contributed by atoms with Gasteiger partial charge in [-0.2, -0.15) is 0 Å². The number of aryl methyl sites for hydroxylation is 1. The standard InChI is InChI=1S/C38H34ClN5O2/c1-38(2)45-34-28(23-32(35(34)46-38)44-20-17-30-37(44)41-19-18-40-30)16-14-24-13-15-27-22-29(39)36(42-31(27)21-24)43-33(25-9-5-3-6-10-25)26-11-7-4-8-12-26/h3-13,15,17-22,28,32,34-35H,14,16,23H2,1-2H3/t28-,32+,34+,35-/m0/s1. The highest BCUT2D eigenvalue weighted by Gasteiger charge is 2.54. The molecule has 8 heteroatoms. The van der Waals surface area contributed by atoms with Crippen molar-refractivity contribution in [1.29, 1.82) is 0 Å². The Morgan fingerprint density at radius 3 is 2.35 bits per heavy atom. The van der Waals surface area contributed by atoms with Crippen LogP contribution in [0.2, 0.25) is 5.02 Å². The van der Waals surface area contributed by atoms with Crippen molar-refractivity contribution in [2.45, 2.75) is 57.1 Å². The van der Waals surface area contributed by atoms with Gasteiger partial charge in [-0.05, 0) is 62.8 Å². The highest BCUT2D eigenvalue weighted by Crippen LogP contribution is 2.49. The molecule has 2 fully saturated rings. The molecule has 0 amide bonds. The third-order valence-corrected chi connectivity index (χ3v) is 9.46. The summed E-state index contributed by atoms with van der Waals surface area (Å²) in [6.45, 7) is 4.02. The molecule has 6 aromatic rings. The fraction of sp³-hybridized carbons (Fsp3) is 0.263. The Hall–Kier alpha value is -4.43. The van der Waals surface area contributed by atoms with E-state index in [1.165, 1.54) is 5.56 Å². The van der Waals surface area contributed by atoms with Crippen molar-refractivity contribution in [3.63, 3.8) is 0 Å². The molecule has 4 atom stereocenters. The van der Waals surface area contributed by atoms with Gasteiger partial charge in [-0.1, -0.05) is 84.4 Å². The average molecular weight is 628 g/mol. The Labute approximate surface area is 272 Å². The number of ether oxygens (including phenoxy) is 2. The summed E-state index contributed by atoms with van der Waals surface area (Å²) in [5.74, 6) is 0.220. The van der Waals surface area contributed by atoms with Gasteiger partial charge in [0.25, 0.3) is 0 Å². The summed E-state index contributed by atoms with van der Waals surface area (Å²) in [4.78, 5) is 19.1. The van der Waals surface area contributed by atoms with Crippen molar-refractivity contribution in [2.24, 2.45) is 10.9 Å². The van der Waals surface area contributed by atoms with Crippen LogP contribution in [0.4, 0.5) is 5.82 Å². The smallest absolute Gasteiger partial charge is 0.172 e. The number of aliphatic imine (C=N–C) groups is 1. The molecule has 1 aliphatic heterocycles. The summed E-state index contributed by atoms with van der Waals surface area (Å²) in [6.07, 6.45) is 8.37. The molecule has 2 aliphatic rings. The van der Waals surface area contributed by atoms with Crippen LogP contribution in [-0.2, 0) is 15.9 Å². The Morgan fingerprint density at radius 1 is 0.870 bits per heavy atom. The van der Waals surface area contributed by atoms with Crippen LogP contribution < -0.4 is 0 Å². The van der Waals surface area contributed by atoms with Crippen LogP contribution in [0.15, 0.2) is 115 Å². The number of pyridine rings is 1. The Balaban J connectivity index is 1.07. The van der Waals surface area contributed by atoms with Crippen LogP contribution in [0.25, 0.3) is 22.1 Å². The summed E-state index contributed by atoms with van der Waals surface area (Å²) in [5, 5.41) is 1.51. The van der Waals surface area contributed by atoms with Gasteiger partial charge >= 0.3 is 0 Å². The van der Waals surface area contributed by atoms with Crippen molar-refractivity contribution in [2.75, 3.05) is 0 Å². The molecule has 230 valence electrons. The normalized spacial score (nSPS) is 21.9. The molecule has 0 N–H and O–H groups in total. The lowest BCUT2D eigenvalue weighted by Gasteiger charge is -2.24. The van der Waals surface area contributed by atoms with Gasteiger partial charge in [-0.15, -0.1) is 0 Å². The van der Waals surface area contributed by atoms with Gasteiger partial charge in [0.2, 0.25) is 0 Å². The van der Waals surface area contributed by atoms with Crippen molar-refractivity contribution < 1.29 is 9.47 Å². The van der Waals surface area contributed by atoms with Gasteiger partial charge in [0.05, 0.1) is 28.4 Å². The first-order valence-corrected chi connectivity index (χ1v) is 16.2. The maximum atomic E-state index is 6.77. The summed E-state index contributed by atoms with van der Waals surface area (Å²) >= 11 is 6.77. The molecule has 46 heavy (non-hydrogen) atoms. The maximum Gasteiger partial charge on any atom is 0.172 e. The summed E-state index contributed by atoms with van der Waals surface area (Å²) in [6, 6.07) is 30.9. The quantitative estimate of drug-likeness (QED) is 0.166. The number of hydrogen-bond donors (Lipinski definition) is 0. The average Bonchev–Trinajstić information content (AvgIpc) is 3.74. The highest BCUT2D eigenvalue weighted by atomic mass is 35.5. The topological polar surface area (TPSA) is 74.4 Å². The zero-order valence-electron chi connectivity index (χ0n) is 25.8. The van der Waals surface area contributed by atoms with E-state index in [1.54, 1.807) is 12.4 Å². The van der Waals surface area contributed by atoms with E-state index in [0.29, 0.717) is 16.8 Å². The Morgan fingerprint density at radius 2 is 1.59 bits per heavy atom. The maximum absolute atomic E-state index is 6.77. The molecule has 1 aliphatic carbocycles. The molecule has 4 heterocycles. The molecule has 1 saturated heterocycles. The monoisotopic (exact) mass is 627 g/mol. The molecule has 1 saturated carbocycles. The molecule has 7 nitrogen and oxygen atoms in total. The van der Waals surface area contributed by atoms with Crippen molar-refractivity contribution in [3.05, 3.63) is 131 Å². The van der Waals surface area contributed by atoms with Crippen LogP contribution in [0, 0.1) is 5.92 Å². The van der Waals surface area contributed by atoms with Crippen LogP contribution in [-0.4, -0.2) is 43.2 Å². The van der Waals surface area contributed by atoms with Crippen LogP contribution in [0.1, 0.15) is 49.4 Å². The number of fused-ring (bicyclic) bond motifs is 3. The molecule has 0 unspecified atom stereocenters. The number of aromatic nitrogens is 4. The van der Waals surface area contributed by atoms with Gasteiger partial charge in [-0.3, -0.25) is 4.98 Å². The van der Waals surface area contributed by atoms with Gasteiger partial charge in [0, 0.05) is 35.1 Å². The molecule has 3 aromatic carbocycles. The molecular weight excluding hydrogens is 594 g/mol. The van der Waals surface area contributed by atoms with Gasteiger partial charge in [0.1, 0.15) is 11.6 Å². The van der Waals surface area contributed by atoms with E-state index in [1.807, 2.05) is 62.4 Å². The van der Waals surface area contributed by atoms with Gasteiger partial charge in [0.15, 0.2) is 17.3 Å². The number of hydrogen-bond acceptors (Lipinski definition) is 6. The Bertz CT molecular complexity index is 2020. The molecule has 3 aromatic heterocycles. The minimum Gasteiger partial charge on any atom is -0.344 e. The lowest BCUT2D eigenvalue weighted by molar-refractivity contribution is -0.160. The number of rotatable bonds is 7. The van der Waals surface area contributed by atoms with Gasteiger partial charge < -0.3 is 14.0 Å². The minimum atomic E-state index is -0.623. The second-order valence-electron chi connectivity index (χ2n) is 12.7. The summed E-state index contributed by atoms with van der Waals surface area (Å²) < 4.78 is 15.2. The second-order valence-corrected chi connectivity index (χ2v) is 13.1. The summed E-state index contributed by atoms with van der Waals surface area (Å²) in [7, 11) is 0.